The highest BCUT2D eigenvalue weighted by Crippen LogP contribution is 2.35. The number of hydrogen-bond donors (Lipinski definition) is 2. The maximum atomic E-state index is 12.4. The SMILES string of the molecule is Cc1ccc(NC(=O)C(=O)NC[C@@H](c2ccc3c(c2)OCO3)N2CCOCC2)cc1. The van der Waals surface area contributed by atoms with Gasteiger partial charge in [0, 0.05) is 25.3 Å². The highest BCUT2D eigenvalue weighted by molar-refractivity contribution is 6.39. The summed E-state index contributed by atoms with van der Waals surface area (Å²) in [6.45, 7) is 5.19. The summed E-state index contributed by atoms with van der Waals surface area (Å²) in [7, 11) is 0. The molecule has 2 aliphatic rings. The van der Waals surface area contributed by atoms with Gasteiger partial charge in [0.1, 0.15) is 0 Å². The smallest absolute Gasteiger partial charge is 0.313 e. The molecular formula is C22H25N3O5. The molecule has 2 aliphatic heterocycles. The molecule has 2 aromatic rings. The van der Waals surface area contributed by atoms with Crippen LogP contribution in [0.2, 0.25) is 0 Å². The van der Waals surface area contributed by atoms with Gasteiger partial charge >= 0.3 is 11.8 Å². The summed E-state index contributed by atoms with van der Waals surface area (Å²) in [5, 5.41) is 5.40. The summed E-state index contributed by atoms with van der Waals surface area (Å²) in [5.74, 6) is 0.0371. The van der Waals surface area contributed by atoms with Crippen LogP contribution in [-0.4, -0.2) is 56.4 Å². The minimum absolute atomic E-state index is 0.112. The zero-order valence-electron chi connectivity index (χ0n) is 16.8. The normalized spacial score (nSPS) is 16.7. The largest absolute Gasteiger partial charge is 0.454 e. The predicted octanol–water partition coefficient (Wildman–Crippen LogP) is 1.85. The van der Waals surface area contributed by atoms with E-state index in [1.165, 1.54) is 0 Å². The van der Waals surface area contributed by atoms with Crippen molar-refractivity contribution in [3.63, 3.8) is 0 Å². The van der Waals surface area contributed by atoms with Crippen LogP contribution in [0, 0.1) is 6.92 Å². The number of aryl methyl sites for hydroxylation is 1. The molecule has 0 aromatic heterocycles. The first-order valence-corrected chi connectivity index (χ1v) is 9.97. The molecule has 2 aromatic carbocycles. The van der Waals surface area contributed by atoms with E-state index >= 15 is 0 Å². The number of ether oxygens (including phenoxy) is 3. The maximum Gasteiger partial charge on any atom is 0.313 e. The third-order valence-electron chi connectivity index (χ3n) is 5.24. The van der Waals surface area contributed by atoms with Crippen molar-refractivity contribution in [2.75, 3.05) is 45.0 Å². The van der Waals surface area contributed by atoms with Crippen LogP contribution in [0.25, 0.3) is 0 Å². The number of hydrogen-bond acceptors (Lipinski definition) is 6. The Labute approximate surface area is 175 Å². The Morgan fingerprint density at radius 3 is 2.50 bits per heavy atom. The third kappa shape index (κ3) is 4.72. The number of benzene rings is 2. The van der Waals surface area contributed by atoms with E-state index in [4.69, 9.17) is 14.2 Å². The molecule has 0 bridgehead atoms. The van der Waals surface area contributed by atoms with E-state index in [1.807, 2.05) is 37.3 Å². The molecule has 158 valence electrons. The topological polar surface area (TPSA) is 89.1 Å². The maximum absolute atomic E-state index is 12.4. The van der Waals surface area contributed by atoms with Gasteiger partial charge in [0.15, 0.2) is 11.5 Å². The van der Waals surface area contributed by atoms with Gasteiger partial charge in [-0.3, -0.25) is 14.5 Å². The molecule has 2 amide bonds. The van der Waals surface area contributed by atoms with E-state index in [1.54, 1.807) is 12.1 Å². The fraction of sp³-hybridized carbons (Fsp3) is 0.364. The summed E-state index contributed by atoms with van der Waals surface area (Å²) < 4.78 is 16.4. The van der Waals surface area contributed by atoms with Crippen LogP contribution in [-0.2, 0) is 14.3 Å². The summed E-state index contributed by atoms with van der Waals surface area (Å²) >= 11 is 0. The number of nitrogens with zero attached hydrogens (tertiary/aromatic N) is 1. The number of rotatable bonds is 5. The molecule has 2 heterocycles. The lowest BCUT2D eigenvalue weighted by molar-refractivity contribution is -0.136. The lowest BCUT2D eigenvalue weighted by Gasteiger charge is -2.34. The molecule has 30 heavy (non-hydrogen) atoms. The predicted molar refractivity (Wildman–Crippen MR) is 111 cm³/mol. The monoisotopic (exact) mass is 411 g/mol. The van der Waals surface area contributed by atoms with Crippen LogP contribution in [0.15, 0.2) is 42.5 Å². The Balaban J connectivity index is 1.43. The van der Waals surface area contributed by atoms with E-state index in [-0.39, 0.29) is 12.8 Å². The molecular weight excluding hydrogens is 386 g/mol. The molecule has 0 unspecified atom stereocenters. The van der Waals surface area contributed by atoms with Crippen LogP contribution in [0.3, 0.4) is 0 Å². The molecule has 2 N–H and O–H groups in total. The van der Waals surface area contributed by atoms with Crippen molar-refractivity contribution >= 4 is 17.5 Å². The number of anilines is 1. The van der Waals surface area contributed by atoms with Crippen molar-refractivity contribution in [3.8, 4) is 11.5 Å². The molecule has 1 atom stereocenters. The molecule has 0 radical (unpaired) electrons. The first kappa shape index (κ1) is 20.2. The van der Waals surface area contributed by atoms with Crippen molar-refractivity contribution in [1.29, 1.82) is 0 Å². The highest BCUT2D eigenvalue weighted by atomic mass is 16.7. The van der Waals surface area contributed by atoms with Gasteiger partial charge in [0.2, 0.25) is 6.79 Å². The summed E-state index contributed by atoms with van der Waals surface area (Å²) in [6, 6.07) is 12.9. The van der Waals surface area contributed by atoms with E-state index in [2.05, 4.69) is 15.5 Å². The number of amides is 2. The molecule has 8 nitrogen and oxygen atoms in total. The van der Waals surface area contributed by atoms with Gasteiger partial charge in [-0.05, 0) is 36.8 Å². The first-order valence-electron chi connectivity index (χ1n) is 9.97. The van der Waals surface area contributed by atoms with Crippen molar-refractivity contribution < 1.29 is 23.8 Å². The summed E-state index contributed by atoms with van der Waals surface area (Å²) in [5.41, 5.74) is 2.65. The minimum Gasteiger partial charge on any atom is -0.454 e. The van der Waals surface area contributed by atoms with E-state index in [9.17, 15) is 9.59 Å². The third-order valence-corrected chi connectivity index (χ3v) is 5.24. The lowest BCUT2D eigenvalue weighted by atomic mass is 10.0. The molecule has 8 heteroatoms. The van der Waals surface area contributed by atoms with Crippen LogP contribution in [0.5, 0.6) is 11.5 Å². The second-order valence-corrected chi connectivity index (χ2v) is 7.31. The van der Waals surface area contributed by atoms with Gasteiger partial charge in [-0.1, -0.05) is 23.8 Å². The Bertz CT molecular complexity index is 909. The van der Waals surface area contributed by atoms with Crippen LogP contribution in [0.1, 0.15) is 17.2 Å². The van der Waals surface area contributed by atoms with Gasteiger partial charge in [0.05, 0.1) is 19.3 Å². The van der Waals surface area contributed by atoms with E-state index in [0.29, 0.717) is 36.9 Å². The zero-order chi connectivity index (χ0) is 20.9. The van der Waals surface area contributed by atoms with Gasteiger partial charge in [-0.25, -0.2) is 0 Å². The fourth-order valence-corrected chi connectivity index (χ4v) is 3.56. The van der Waals surface area contributed by atoms with Gasteiger partial charge in [-0.2, -0.15) is 0 Å². The van der Waals surface area contributed by atoms with E-state index < -0.39 is 11.8 Å². The standard InChI is InChI=1S/C22H25N3O5/c1-15-2-5-17(6-3-15)24-22(27)21(26)23-13-18(25-8-10-28-11-9-25)16-4-7-19-20(12-16)30-14-29-19/h2-7,12,18H,8-11,13-14H2,1H3,(H,23,26)(H,24,27)/t18-/m0/s1. The minimum atomic E-state index is -0.690. The summed E-state index contributed by atoms with van der Waals surface area (Å²) in [6.07, 6.45) is 0. The molecule has 1 fully saturated rings. The van der Waals surface area contributed by atoms with Crippen LogP contribution in [0.4, 0.5) is 5.69 Å². The molecule has 0 aliphatic carbocycles. The Hall–Kier alpha value is -3.10. The zero-order valence-corrected chi connectivity index (χ0v) is 16.8. The summed E-state index contributed by atoms with van der Waals surface area (Å²) in [4.78, 5) is 26.9. The molecule has 4 rings (SSSR count). The number of nitrogens with one attached hydrogen (secondary N) is 2. The van der Waals surface area contributed by atoms with Crippen molar-refractivity contribution in [3.05, 3.63) is 53.6 Å². The van der Waals surface area contributed by atoms with Crippen molar-refractivity contribution in [2.45, 2.75) is 13.0 Å². The molecule has 0 spiro atoms. The van der Waals surface area contributed by atoms with Crippen molar-refractivity contribution in [1.82, 2.24) is 10.2 Å². The highest BCUT2D eigenvalue weighted by Gasteiger charge is 2.26. The van der Waals surface area contributed by atoms with Gasteiger partial charge < -0.3 is 24.8 Å². The average Bonchev–Trinajstić information content (AvgIpc) is 3.24. The Morgan fingerprint density at radius 2 is 1.73 bits per heavy atom. The Kier molecular flexibility index (Phi) is 6.15. The van der Waals surface area contributed by atoms with Gasteiger partial charge in [0.25, 0.3) is 0 Å². The average molecular weight is 411 g/mol. The van der Waals surface area contributed by atoms with Gasteiger partial charge in [-0.15, -0.1) is 0 Å². The number of morpholine rings is 1. The lowest BCUT2D eigenvalue weighted by Crippen LogP contribution is -2.45. The molecule has 1 saturated heterocycles. The quantitative estimate of drug-likeness (QED) is 0.730. The second-order valence-electron chi connectivity index (χ2n) is 7.31. The van der Waals surface area contributed by atoms with Crippen LogP contribution < -0.4 is 20.1 Å². The number of carbonyl (C=O) groups is 2. The first-order chi connectivity index (χ1) is 14.6. The number of fused-ring (bicyclic) bond motifs is 1. The van der Waals surface area contributed by atoms with E-state index in [0.717, 1.165) is 24.2 Å². The fourth-order valence-electron chi connectivity index (χ4n) is 3.56. The Morgan fingerprint density at radius 1 is 1.00 bits per heavy atom. The molecule has 0 saturated carbocycles. The second kappa shape index (κ2) is 9.15. The van der Waals surface area contributed by atoms with Crippen molar-refractivity contribution in [2.24, 2.45) is 0 Å². The number of carbonyl (C=O) groups excluding carboxylic acids is 2. The van der Waals surface area contributed by atoms with Crippen LogP contribution >= 0.6 is 0 Å².